The summed E-state index contributed by atoms with van der Waals surface area (Å²) in [6, 6.07) is 7.56. The van der Waals surface area contributed by atoms with Gasteiger partial charge in [-0.25, -0.2) is 0 Å². The molecule has 1 aliphatic rings. The third-order valence-corrected chi connectivity index (χ3v) is 4.06. The highest BCUT2D eigenvalue weighted by Crippen LogP contribution is 2.20. The van der Waals surface area contributed by atoms with E-state index in [-0.39, 0.29) is 24.3 Å². The summed E-state index contributed by atoms with van der Waals surface area (Å²) in [6.45, 7) is 6.19. The minimum absolute atomic E-state index is 0.0409. The fraction of sp³-hybridized carbons (Fsp3) is 0.556. The van der Waals surface area contributed by atoms with Crippen LogP contribution in [0, 0.1) is 5.92 Å². The highest BCUT2D eigenvalue weighted by Gasteiger charge is 2.27. The molecule has 0 spiro atoms. The fourth-order valence-corrected chi connectivity index (χ4v) is 2.78. The summed E-state index contributed by atoms with van der Waals surface area (Å²) in [5.74, 6) is 0.601. The van der Waals surface area contributed by atoms with Crippen LogP contribution < -0.4 is 10.1 Å². The van der Waals surface area contributed by atoms with Gasteiger partial charge in [-0.2, -0.15) is 0 Å². The second-order valence-corrected chi connectivity index (χ2v) is 5.72. The first kappa shape index (κ1) is 18.1. The predicted octanol–water partition coefficient (Wildman–Crippen LogP) is 2.30. The van der Waals surface area contributed by atoms with Crippen molar-refractivity contribution in [2.24, 2.45) is 5.92 Å². The number of nitrogens with zero attached hydrogens (tertiary/aromatic N) is 1. The number of benzene rings is 1. The van der Waals surface area contributed by atoms with Gasteiger partial charge < -0.3 is 19.7 Å². The summed E-state index contributed by atoms with van der Waals surface area (Å²) >= 11 is 0. The molecule has 1 aromatic rings. The number of rotatable bonds is 7. The molecule has 0 radical (unpaired) electrons. The van der Waals surface area contributed by atoms with Gasteiger partial charge in [0.1, 0.15) is 5.75 Å². The SMILES string of the molecule is CCOC(=O)C1CCN(C(=O)CNc2cccc(OCC)c2)CC1. The molecule has 132 valence electrons. The second-order valence-electron chi connectivity index (χ2n) is 5.72. The minimum atomic E-state index is -0.143. The summed E-state index contributed by atoms with van der Waals surface area (Å²) in [7, 11) is 0. The first-order valence-electron chi connectivity index (χ1n) is 8.55. The van der Waals surface area contributed by atoms with Gasteiger partial charge in [-0.05, 0) is 38.8 Å². The number of hydrogen-bond donors (Lipinski definition) is 1. The van der Waals surface area contributed by atoms with E-state index in [2.05, 4.69) is 5.32 Å². The molecule has 0 aromatic heterocycles. The van der Waals surface area contributed by atoms with Gasteiger partial charge in [0, 0.05) is 24.8 Å². The van der Waals surface area contributed by atoms with Gasteiger partial charge in [0.25, 0.3) is 0 Å². The Morgan fingerprint density at radius 3 is 2.62 bits per heavy atom. The Balaban J connectivity index is 1.77. The maximum Gasteiger partial charge on any atom is 0.309 e. The third kappa shape index (κ3) is 5.15. The van der Waals surface area contributed by atoms with Gasteiger partial charge in [0.15, 0.2) is 0 Å². The molecule has 1 aliphatic heterocycles. The molecule has 0 aliphatic carbocycles. The van der Waals surface area contributed by atoms with Crippen LogP contribution in [0.1, 0.15) is 26.7 Å². The molecule has 1 N–H and O–H groups in total. The number of likely N-dealkylation sites (tertiary alicyclic amines) is 1. The van der Waals surface area contributed by atoms with Crippen molar-refractivity contribution in [3.63, 3.8) is 0 Å². The molecule has 6 heteroatoms. The van der Waals surface area contributed by atoms with Crippen LogP contribution in [-0.2, 0) is 14.3 Å². The second kappa shape index (κ2) is 9.15. The zero-order valence-corrected chi connectivity index (χ0v) is 14.4. The smallest absolute Gasteiger partial charge is 0.309 e. The van der Waals surface area contributed by atoms with Crippen molar-refractivity contribution in [1.82, 2.24) is 4.90 Å². The molecular formula is C18H26N2O4. The van der Waals surface area contributed by atoms with Crippen LogP contribution in [0.3, 0.4) is 0 Å². The Kier molecular flexibility index (Phi) is 6.90. The molecule has 0 saturated carbocycles. The number of hydrogen-bond acceptors (Lipinski definition) is 5. The first-order chi connectivity index (χ1) is 11.6. The standard InChI is InChI=1S/C18H26N2O4/c1-3-23-16-7-5-6-15(12-16)19-13-17(21)20-10-8-14(9-11-20)18(22)24-4-2/h5-7,12,14,19H,3-4,8-11,13H2,1-2H3. The minimum Gasteiger partial charge on any atom is -0.494 e. The molecule has 1 aromatic carbocycles. The predicted molar refractivity (Wildman–Crippen MR) is 92.0 cm³/mol. The van der Waals surface area contributed by atoms with Crippen molar-refractivity contribution in [2.45, 2.75) is 26.7 Å². The van der Waals surface area contributed by atoms with Crippen LogP contribution in [0.4, 0.5) is 5.69 Å². The van der Waals surface area contributed by atoms with E-state index in [9.17, 15) is 9.59 Å². The molecule has 2 rings (SSSR count). The van der Waals surface area contributed by atoms with E-state index in [1.165, 1.54) is 0 Å². The Labute approximate surface area is 143 Å². The molecule has 1 amide bonds. The Hall–Kier alpha value is -2.24. The van der Waals surface area contributed by atoms with Crippen LogP contribution >= 0.6 is 0 Å². The maximum atomic E-state index is 12.3. The zero-order chi connectivity index (χ0) is 17.4. The quantitative estimate of drug-likeness (QED) is 0.775. The number of piperidine rings is 1. The molecule has 0 atom stereocenters. The monoisotopic (exact) mass is 334 g/mol. The van der Waals surface area contributed by atoms with Gasteiger partial charge in [-0.15, -0.1) is 0 Å². The molecule has 6 nitrogen and oxygen atoms in total. The molecule has 1 heterocycles. The van der Waals surface area contributed by atoms with Crippen LogP contribution in [0.5, 0.6) is 5.75 Å². The molecule has 0 bridgehead atoms. The third-order valence-electron chi connectivity index (χ3n) is 4.06. The maximum absolute atomic E-state index is 12.3. The van der Waals surface area contributed by atoms with Gasteiger partial charge >= 0.3 is 5.97 Å². The zero-order valence-electron chi connectivity index (χ0n) is 14.4. The van der Waals surface area contributed by atoms with E-state index < -0.39 is 0 Å². The summed E-state index contributed by atoms with van der Waals surface area (Å²) in [5.41, 5.74) is 0.857. The van der Waals surface area contributed by atoms with Crippen LogP contribution in [0.2, 0.25) is 0 Å². The van der Waals surface area contributed by atoms with Gasteiger partial charge in [0.05, 0.1) is 25.7 Å². The summed E-state index contributed by atoms with van der Waals surface area (Å²) in [5, 5.41) is 3.13. The van der Waals surface area contributed by atoms with Crippen molar-refractivity contribution in [3.8, 4) is 5.75 Å². The van der Waals surface area contributed by atoms with Gasteiger partial charge in [-0.3, -0.25) is 9.59 Å². The largest absolute Gasteiger partial charge is 0.494 e. The summed E-state index contributed by atoms with van der Waals surface area (Å²) in [6.07, 6.45) is 1.34. The highest BCUT2D eigenvalue weighted by molar-refractivity contribution is 5.81. The molecule has 1 saturated heterocycles. The Morgan fingerprint density at radius 1 is 1.21 bits per heavy atom. The number of carbonyl (C=O) groups is 2. The van der Waals surface area contributed by atoms with E-state index in [0.717, 1.165) is 11.4 Å². The number of esters is 1. The summed E-state index contributed by atoms with van der Waals surface area (Å²) < 4.78 is 10.5. The van der Waals surface area contributed by atoms with E-state index in [0.29, 0.717) is 39.1 Å². The molecule has 24 heavy (non-hydrogen) atoms. The average Bonchev–Trinajstić information content (AvgIpc) is 2.61. The lowest BCUT2D eigenvalue weighted by atomic mass is 9.97. The van der Waals surface area contributed by atoms with Crippen molar-refractivity contribution < 1.29 is 19.1 Å². The van der Waals surface area contributed by atoms with Crippen LogP contribution in [0.15, 0.2) is 24.3 Å². The molecular weight excluding hydrogens is 308 g/mol. The van der Waals surface area contributed by atoms with Crippen molar-refractivity contribution >= 4 is 17.6 Å². The van der Waals surface area contributed by atoms with E-state index in [1.807, 2.05) is 38.1 Å². The Bertz CT molecular complexity index is 554. The normalized spacial score (nSPS) is 15.0. The Morgan fingerprint density at radius 2 is 1.96 bits per heavy atom. The van der Waals surface area contributed by atoms with Gasteiger partial charge in [0.2, 0.25) is 5.91 Å². The lowest BCUT2D eigenvalue weighted by Crippen LogP contribution is -2.43. The van der Waals surface area contributed by atoms with Crippen LogP contribution in [0.25, 0.3) is 0 Å². The topological polar surface area (TPSA) is 67.9 Å². The van der Waals surface area contributed by atoms with Crippen LogP contribution in [-0.4, -0.2) is 49.6 Å². The fourth-order valence-electron chi connectivity index (χ4n) is 2.78. The number of carbonyl (C=O) groups excluding carboxylic acids is 2. The molecule has 1 fully saturated rings. The first-order valence-corrected chi connectivity index (χ1v) is 8.55. The lowest BCUT2D eigenvalue weighted by Gasteiger charge is -2.31. The summed E-state index contributed by atoms with van der Waals surface area (Å²) in [4.78, 5) is 25.8. The molecule has 0 unspecified atom stereocenters. The van der Waals surface area contributed by atoms with E-state index >= 15 is 0 Å². The number of amides is 1. The number of anilines is 1. The van der Waals surface area contributed by atoms with E-state index in [1.54, 1.807) is 4.90 Å². The van der Waals surface area contributed by atoms with Crippen molar-refractivity contribution in [2.75, 3.05) is 38.2 Å². The van der Waals surface area contributed by atoms with Crippen molar-refractivity contribution in [3.05, 3.63) is 24.3 Å². The van der Waals surface area contributed by atoms with E-state index in [4.69, 9.17) is 9.47 Å². The van der Waals surface area contributed by atoms with Gasteiger partial charge in [-0.1, -0.05) is 6.07 Å². The average molecular weight is 334 g/mol. The number of nitrogens with one attached hydrogen (secondary N) is 1. The lowest BCUT2D eigenvalue weighted by molar-refractivity contribution is -0.151. The van der Waals surface area contributed by atoms with Crippen molar-refractivity contribution in [1.29, 1.82) is 0 Å². The number of ether oxygens (including phenoxy) is 2. The highest BCUT2D eigenvalue weighted by atomic mass is 16.5.